The minimum Gasteiger partial charge on any atom is -0.192 e. The summed E-state index contributed by atoms with van der Waals surface area (Å²) in [4.78, 5) is 0. The minimum atomic E-state index is 0.627. The molecule has 0 aliphatic heterocycles. The second-order valence-electron chi connectivity index (χ2n) is 2.69. The van der Waals surface area contributed by atoms with Gasteiger partial charge in [0.1, 0.15) is 0 Å². The summed E-state index contributed by atoms with van der Waals surface area (Å²) in [6.07, 6.45) is 8.22. The molecule has 52 valence electrons. The Hall–Kier alpha value is -1.03. The van der Waals surface area contributed by atoms with Crippen molar-refractivity contribution in [2.24, 2.45) is 5.92 Å². The van der Waals surface area contributed by atoms with Crippen LogP contribution >= 0.6 is 0 Å². The summed E-state index contributed by atoms with van der Waals surface area (Å²) in [5.41, 5.74) is 0.810. The van der Waals surface area contributed by atoms with Crippen LogP contribution in [0.5, 0.6) is 0 Å². The van der Waals surface area contributed by atoms with Crippen molar-refractivity contribution < 1.29 is 0 Å². The molecular weight excluding hydrogens is 122 g/mol. The molecular formula is C9H11N. The molecule has 0 heterocycles. The Balaban J connectivity index is 2.69. The van der Waals surface area contributed by atoms with Crippen molar-refractivity contribution in [3.05, 3.63) is 23.8 Å². The van der Waals surface area contributed by atoms with Crippen molar-refractivity contribution in [2.75, 3.05) is 0 Å². The van der Waals surface area contributed by atoms with Crippen LogP contribution in [-0.4, -0.2) is 0 Å². The number of hydrogen-bond acceptors (Lipinski definition) is 1. The van der Waals surface area contributed by atoms with Gasteiger partial charge in [0.15, 0.2) is 0 Å². The molecule has 1 rings (SSSR count). The van der Waals surface area contributed by atoms with Crippen LogP contribution in [0.2, 0.25) is 0 Å². The highest BCUT2D eigenvalue weighted by Gasteiger charge is 2.00. The normalized spacial score (nSPS) is 24.8. The summed E-state index contributed by atoms with van der Waals surface area (Å²) in [7, 11) is 0. The predicted octanol–water partition coefficient (Wildman–Crippen LogP) is 2.42. The lowest BCUT2D eigenvalue weighted by Crippen LogP contribution is -1.84. The van der Waals surface area contributed by atoms with Crippen LogP contribution in [0, 0.1) is 17.2 Å². The van der Waals surface area contributed by atoms with Crippen molar-refractivity contribution in [3.8, 4) is 6.07 Å². The Morgan fingerprint density at radius 2 is 2.50 bits per heavy atom. The molecule has 0 aromatic heterocycles. The Labute approximate surface area is 61.7 Å². The van der Waals surface area contributed by atoms with Gasteiger partial charge in [0.2, 0.25) is 0 Å². The van der Waals surface area contributed by atoms with Crippen molar-refractivity contribution in [3.63, 3.8) is 0 Å². The van der Waals surface area contributed by atoms with Crippen LogP contribution in [0.4, 0.5) is 0 Å². The molecule has 0 fully saturated rings. The fourth-order valence-corrected chi connectivity index (χ4v) is 1.02. The number of rotatable bonds is 0. The maximum atomic E-state index is 8.53. The van der Waals surface area contributed by atoms with Crippen LogP contribution < -0.4 is 0 Å². The van der Waals surface area contributed by atoms with Crippen molar-refractivity contribution >= 4 is 0 Å². The zero-order valence-electron chi connectivity index (χ0n) is 6.17. The van der Waals surface area contributed by atoms with Crippen molar-refractivity contribution in [1.82, 2.24) is 0 Å². The lowest BCUT2D eigenvalue weighted by atomic mass is 10.1. The maximum absolute atomic E-state index is 8.53. The van der Waals surface area contributed by atoms with Gasteiger partial charge in [-0.2, -0.15) is 5.26 Å². The quantitative estimate of drug-likeness (QED) is 0.498. The zero-order valence-corrected chi connectivity index (χ0v) is 6.17. The van der Waals surface area contributed by atoms with E-state index in [4.69, 9.17) is 5.26 Å². The van der Waals surface area contributed by atoms with Gasteiger partial charge in [-0.25, -0.2) is 0 Å². The number of nitrogens with zero attached hydrogens (tertiary/aromatic N) is 1. The molecule has 1 aliphatic carbocycles. The summed E-state index contributed by atoms with van der Waals surface area (Å²) < 4.78 is 0. The molecule has 0 bridgehead atoms. The van der Waals surface area contributed by atoms with Gasteiger partial charge in [0.05, 0.1) is 6.07 Å². The van der Waals surface area contributed by atoms with E-state index in [0.29, 0.717) is 5.92 Å². The van der Waals surface area contributed by atoms with Crippen molar-refractivity contribution in [2.45, 2.75) is 19.8 Å². The first-order valence-electron chi connectivity index (χ1n) is 3.61. The second kappa shape index (κ2) is 3.22. The third-order valence-corrected chi connectivity index (χ3v) is 1.72. The first-order chi connectivity index (χ1) is 4.83. The van der Waals surface area contributed by atoms with Crippen LogP contribution in [0.25, 0.3) is 0 Å². The monoisotopic (exact) mass is 133 g/mol. The lowest BCUT2D eigenvalue weighted by molar-refractivity contribution is 0.662. The topological polar surface area (TPSA) is 23.8 Å². The lowest BCUT2D eigenvalue weighted by Gasteiger charge is -1.97. The summed E-state index contributed by atoms with van der Waals surface area (Å²) in [6.45, 7) is 2.17. The molecule has 1 heteroatoms. The first kappa shape index (κ1) is 7.08. The molecule has 0 saturated heterocycles. The van der Waals surface area contributed by atoms with E-state index in [1.807, 2.05) is 12.2 Å². The van der Waals surface area contributed by atoms with E-state index in [0.717, 1.165) is 12.0 Å². The van der Waals surface area contributed by atoms with E-state index >= 15 is 0 Å². The van der Waals surface area contributed by atoms with Crippen LogP contribution in [0.15, 0.2) is 23.8 Å². The average Bonchev–Trinajstić information content (AvgIpc) is 2.14. The van der Waals surface area contributed by atoms with E-state index in [9.17, 15) is 0 Å². The summed E-state index contributed by atoms with van der Waals surface area (Å²) in [5.74, 6) is 0.627. The molecule has 0 spiro atoms. The standard InChI is InChI=1S/C9H11N/c1-8-3-2-4-9(7-10)6-5-8/h4-6,8H,2-3H2,1H3. The molecule has 1 unspecified atom stereocenters. The van der Waals surface area contributed by atoms with Gasteiger partial charge < -0.3 is 0 Å². The smallest absolute Gasteiger partial charge is 0.0988 e. The van der Waals surface area contributed by atoms with Crippen molar-refractivity contribution in [1.29, 1.82) is 5.26 Å². The SMILES string of the molecule is CC1C=CC(C#N)=CCC1. The molecule has 0 radical (unpaired) electrons. The molecule has 1 atom stereocenters. The fraction of sp³-hybridized carbons (Fsp3) is 0.444. The summed E-state index contributed by atoms with van der Waals surface area (Å²) in [5, 5.41) is 8.53. The first-order valence-corrected chi connectivity index (χ1v) is 3.61. The maximum Gasteiger partial charge on any atom is 0.0988 e. The van der Waals surface area contributed by atoms with Gasteiger partial charge in [-0.3, -0.25) is 0 Å². The highest BCUT2D eigenvalue weighted by Crippen LogP contribution is 2.14. The Kier molecular flexibility index (Phi) is 2.28. The van der Waals surface area contributed by atoms with E-state index in [1.54, 1.807) is 0 Å². The molecule has 0 aromatic rings. The third kappa shape index (κ3) is 1.73. The van der Waals surface area contributed by atoms with E-state index in [1.165, 1.54) is 6.42 Å². The Morgan fingerprint density at radius 1 is 1.70 bits per heavy atom. The number of hydrogen-bond donors (Lipinski definition) is 0. The van der Waals surface area contributed by atoms with Gasteiger partial charge >= 0.3 is 0 Å². The Bertz CT molecular complexity index is 205. The summed E-state index contributed by atoms with van der Waals surface area (Å²) >= 11 is 0. The van der Waals surface area contributed by atoms with E-state index in [2.05, 4.69) is 19.1 Å². The second-order valence-corrected chi connectivity index (χ2v) is 2.69. The van der Waals surface area contributed by atoms with Gasteiger partial charge in [0.25, 0.3) is 0 Å². The molecule has 10 heavy (non-hydrogen) atoms. The average molecular weight is 133 g/mol. The Morgan fingerprint density at radius 3 is 3.20 bits per heavy atom. The van der Waals surface area contributed by atoms with E-state index in [-0.39, 0.29) is 0 Å². The van der Waals surface area contributed by atoms with Crippen LogP contribution in [-0.2, 0) is 0 Å². The molecule has 0 amide bonds. The third-order valence-electron chi connectivity index (χ3n) is 1.72. The van der Waals surface area contributed by atoms with Crippen LogP contribution in [0.1, 0.15) is 19.8 Å². The fourth-order valence-electron chi connectivity index (χ4n) is 1.02. The molecule has 0 N–H and O–H groups in total. The predicted molar refractivity (Wildman–Crippen MR) is 41.2 cm³/mol. The zero-order chi connectivity index (χ0) is 7.40. The summed E-state index contributed by atoms with van der Waals surface area (Å²) in [6, 6.07) is 2.14. The van der Waals surface area contributed by atoms with Gasteiger partial charge in [-0.1, -0.05) is 19.1 Å². The number of allylic oxidation sites excluding steroid dienone is 4. The molecule has 0 saturated carbocycles. The van der Waals surface area contributed by atoms with Crippen LogP contribution in [0.3, 0.4) is 0 Å². The van der Waals surface area contributed by atoms with Gasteiger partial charge in [-0.15, -0.1) is 0 Å². The molecule has 1 nitrogen and oxygen atoms in total. The highest BCUT2D eigenvalue weighted by molar-refractivity contribution is 5.33. The molecule has 1 aliphatic rings. The molecule has 0 aromatic carbocycles. The van der Waals surface area contributed by atoms with Gasteiger partial charge in [0, 0.05) is 5.57 Å². The van der Waals surface area contributed by atoms with Gasteiger partial charge in [-0.05, 0) is 24.8 Å². The highest BCUT2D eigenvalue weighted by atomic mass is 14.2. The van der Waals surface area contributed by atoms with E-state index < -0.39 is 0 Å². The largest absolute Gasteiger partial charge is 0.192 e. The number of nitriles is 1. The minimum absolute atomic E-state index is 0.627.